The summed E-state index contributed by atoms with van der Waals surface area (Å²) in [5, 5.41) is 12.4. The van der Waals surface area contributed by atoms with Gasteiger partial charge < -0.3 is 25.4 Å². The van der Waals surface area contributed by atoms with E-state index in [1.54, 1.807) is 19.2 Å². The number of hydrogen-bond acceptors (Lipinski definition) is 8. The van der Waals surface area contributed by atoms with Gasteiger partial charge in [0.05, 0.1) is 16.7 Å². The molecule has 0 spiro atoms. The van der Waals surface area contributed by atoms with Gasteiger partial charge in [0.1, 0.15) is 18.1 Å². The van der Waals surface area contributed by atoms with Crippen LogP contribution >= 0.6 is 23.2 Å². The molecule has 10 heteroatoms. The maximum atomic E-state index is 6.34. The third-order valence-corrected chi connectivity index (χ3v) is 4.72. The molecule has 26 heavy (non-hydrogen) atoms. The second-order valence-electron chi connectivity index (χ2n) is 5.69. The molecule has 1 saturated heterocycles. The molecule has 140 valence electrons. The summed E-state index contributed by atoms with van der Waals surface area (Å²) in [7, 11) is 1.60. The number of anilines is 2. The lowest BCUT2D eigenvalue weighted by Crippen LogP contribution is -2.44. The van der Waals surface area contributed by atoms with E-state index in [1.807, 2.05) is 4.90 Å². The zero-order valence-electron chi connectivity index (χ0n) is 14.3. The van der Waals surface area contributed by atoms with Crippen molar-refractivity contribution in [2.75, 3.05) is 57.1 Å². The van der Waals surface area contributed by atoms with Crippen molar-refractivity contribution in [2.45, 2.75) is 0 Å². The zero-order chi connectivity index (χ0) is 18.5. The fraction of sp³-hybridized carbons (Fsp3) is 0.438. The molecule has 1 aliphatic heterocycles. The Morgan fingerprint density at radius 1 is 1.19 bits per heavy atom. The second-order valence-corrected chi connectivity index (χ2v) is 6.48. The Balaban J connectivity index is 1.89. The van der Waals surface area contributed by atoms with E-state index < -0.39 is 0 Å². The van der Waals surface area contributed by atoms with Crippen LogP contribution in [0.5, 0.6) is 5.75 Å². The number of benzene rings is 1. The normalized spacial score (nSPS) is 14.5. The average Bonchev–Trinajstić information content (AvgIpc) is 2.65. The number of piperazine rings is 1. The summed E-state index contributed by atoms with van der Waals surface area (Å²) in [6.45, 7) is 4.18. The van der Waals surface area contributed by atoms with Gasteiger partial charge in [-0.25, -0.2) is 0 Å². The zero-order valence-corrected chi connectivity index (χ0v) is 15.8. The van der Waals surface area contributed by atoms with Crippen LogP contribution in [0.15, 0.2) is 12.1 Å². The third-order valence-electron chi connectivity index (χ3n) is 3.92. The number of hydrogen-bond donors (Lipinski definition) is 2. The first-order chi connectivity index (χ1) is 12.6. The number of rotatable bonds is 6. The number of nitrogens with one attached hydrogen (secondary N) is 1. The molecule has 3 rings (SSSR count). The van der Waals surface area contributed by atoms with E-state index in [1.165, 1.54) is 0 Å². The van der Waals surface area contributed by atoms with Crippen molar-refractivity contribution in [3.8, 4) is 17.0 Å². The molecular formula is C16H20Cl2N6O2. The number of halogens is 2. The van der Waals surface area contributed by atoms with Crippen LogP contribution < -0.4 is 20.7 Å². The van der Waals surface area contributed by atoms with Crippen LogP contribution in [0, 0.1) is 0 Å². The van der Waals surface area contributed by atoms with Gasteiger partial charge in [0, 0.05) is 44.9 Å². The van der Waals surface area contributed by atoms with E-state index in [2.05, 4.69) is 20.5 Å². The van der Waals surface area contributed by atoms with Crippen LogP contribution in [0.1, 0.15) is 0 Å². The Bertz CT molecular complexity index is 771. The Labute approximate surface area is 161 Å². The van der Waals surface area contributed by atoms with Crippen LogP contribution in [0.25, 0.3) is 11.3 Å². The van der Waals surface area contributed by atoms with Crippen LogP contribution in [-0.4, -0.2) is 61.7 Å². The van der Waals surface area contributed by atoms with Crippen molar-refractivity contribution < 1.29 is 9.47 Å². The van der Waals surface area contributed by atoms with Gasteiger partial charge >= 0.3 is 0 Å². The molecule has 3 N–H and O–H groups in total. The van der Waals surface area contributed by atoms with Gasteiger partial charge in [-0.2, -0.15) is 4.98 Å². The maximum Gasteiger partial charge on any atom is 0.247 e. The van der Waals surface area contributed by atoms with E-state index in [4.69, 9.17) is 38.4 Å². The predicted octanol–water partition coefficient (Wildman–Crippen LogP) is 1.86. The Morgan fingerprint density at radius 3 is 2.65 bits per heavy atom. The Kier molecular flexibility index (Phi) is 6.31. The fourth-order valence-corrected chi connectivity index (χ4v) is 2.99. The van der Waals surface area contributed by atoms with Gasteiger partial charge in [-0.1, -0.05) is 23.2 Å². The van der Waals surface area contributed by atoms with Gasteiger partial charge in [0.25, 0.3) is 0 Å². The summed E-state index contributed by atoms with van der Waals surface area (Å²) in [4.78, 5) is 6.42. The first-order valence-electron chi connectivity index (χ1n) is 8.17. The van der Waals surface area contributed by atoms with Gasteiger partial charge in [-0.05, 0) is 6.07 Å². The highest BCUT2D eigenvalue weighted by molar-refractivity contribution is 6.43. The SMILES string of the molecule is COCCOc1cc(Cl)c(Cl)c(-c2nnc(N3CCNCC3)nc2N)c1. The van der Waals surface area contributed by atoms with Crippen molar-refractivity contribution in [3.63, 3.8) is 0 Å². The molecule has 1 aliphatic rings. The quantitative estimate of drug-likeness (QED) is 0.711. The van der Waals surface area contributed by atoms with Gasteiger partial charge in [-0.3, -0.25) is 0 Å². The van der Waals surface area contributed by atoms with E-state index in [9.17, 15) is 0 Å². The smallest absolute Gasteiger partial charge is 0.247 e. The minimum absolute atomic E-state index is 0.237. The summed E-state index contributed by atoms with van der Waals surface area (Å²) in [5.41, 5.74) is 7.02. The molecule has 0 atom stereocenters. The molecule has 1 aromatic carbocycles. The lowest BCUT2D eigenvalue weighted by Gasteiger charge is -2.27. The molecule has 0 radical (unpaired) electrons. The molecule has 0 amide bonds. The molecule has 0 bridgehead atoms. The second kappa shape index (κ2) is 8.68. The van der Waals surface area contributed by atoms with E-state index in [-0.39, 0.29) is 5.82 Å². The number of aromatic nitrogens is 3. The molecular weight excluding hydrogens is 379 g/mol. The topological polar surface area (TPSA) is 98.4 Å². The number of nitrogens with zero attached hydrogens (tertiary/aromatic N) is 4. The van der Waals surface area contributed by atoms with Gasteiger partial charge in [-0.15, -0.1) is 10.2 Å². The van der Waals surface area contributed by atoms with E-state index >= 15 is 0 Å². The minimum Gasteiger partial charge on any atom is -0.491 e. The fourth-order valence-electron chi connectivity index (χ4n) is 2.58. The van der Waals surface area contributed by atoms with E-state index in [0.29, 0.717) is 46.2 Å². The monoisotopic (exact) mass is 398 g/mol. The van der Waals surface area contributed by atoms with Crippen molar-refractivity contribution in [1.82, 2.24) is 20.5 Å². The molecule has 1 fully saturated rings. The van der Waals surface area contributed by atoms with Crippen LogP contribution in [0.3, 0.4) is 0 Å². The number of ether oxygens (including phenoxy) is 2. The Morgan fingerprint density at radius 2 is 1.96 bits per heavy atom. The van der Waals surface area contributed by atoms with Gasteiger partial charge in [0.2, 0.25) is 5.95 Å². The lowest BCUT2D eigenvalue weighted by atomic mass is 10.1. The Hall–Kier alpha value is -1.87. The van der Waals surface area contributed by atoms with E-state index in [0.717, 1.165) is 26.2 Å². The molecule has 2 aromatic rings. The predicted molar refractivity (Wildman–Crippen MR) is 102 cm³/mol. The van der Waals surface area contributed by atoms with Crippen molar-refractivity contribution in [1.29, 1.82) is 0 Å². The minimum atomic E-state index is 0.237. The molecule has 2 heterocycles. The lowest BCUT2D eigenvalue weighted by molar-refractivity contribution is 0.146. The van der Waals surface area contributed by atoms with Crippen LogP contribution in [0.4, 0.5) is 11.8 Å². The standard InChI is InChI=1S/C16H20Cl2N6O2/c1-25-6-7-26-10-8-11(13(18)12(17)9-10)14-15(19)21-16(23-22-14)24-4-2-20-3-5-24/h8-9,20H,2-7H2,1H3,(H2,19,21,23). The summed E-state index contributed by atoms with van der Waals surface area (Å²) in [6.07, 6.45) is 0. The highest BCUT2D eigenvalue weighted by atomic mass is 35.5. The highest BCUT2D eigenvalue weighted by Gasteiger charge is 2.19. The molecule has 1 aromatic heterocycles. The summed E-state index contributed by atoms with van der Waals surface area (Å²) < 4.78 is 10.6. The summed E-state index contributed by atoms with van der Waals surface area (Å²) >= 11 is 12.6. The van der Waals surface area contributed by atoms with Crippen molar-refractivity contribution in [3.05, 3.63) is 22.2 Å². The number of nitrogens with two attached hydrogens (primary N) is 1. The summed E-state index contributed by atoms with van der Waals surface area (Å²) in [6, 6.07) is 3.35. The molecule has 8 nitrogen and oxygen atoms in total. The van der Waals surface area contributed by atoms with Crippen molar-refractivity contribution in [2.24, 2.45) is 0 Å². The van der Waals surface area contributed by atoms with Gasteiger partial charge in [0.15, 0.2) is 5.82 Å². The average molecular weight is 399 g/mol. The first kappa shape index (κ1) is 18.9. The third kappa shape index (κ3) is 4.27. The van der Waals surface area contributed by atoms with Crippen LogP contribution in [-0.2, 0) is 4.74 Å². The first-order valence-corrected chi connectivity index (χ1v) is 8.92. The van der Waals surface area contributed by atoms with Crippen LogP contribution in [0.2, 0.25) is 10.0 Å². The molecule has 0 saturated carbocycles. The van der Waals surface area contributed by atoms with Crippen molar-refractivity contribution >= 4 is 35.0 Å². The molecule has 0 aliphatic carbocycles. The number of nitrogen functional groups attached to an aromatic ring is 1. The largest absolute Gasteiger partial charge is 0.491 e. The number of methoxy groups -OCH3 is 1. The summed E-state index contributed by atoms with van der Waals surface area (Å²) in [5.74, 6) is 1.28. The highest BCUT2D eigenvalue weighted by Crippen LogP contribution is 2.38. The maximum absolute atomic E-state index is 6.34. The molecule has 0 unspecified atom stereocenters.